The molecule has 0 aromatic heterocycles. The van der Waals surface area contributed by atoms with Crippen LogP contribution in [-0.4, -0.2) is 37.8 Å². The molecule has 0 saturated heterocycles. The minimum Gasteiger partial charge on any atom is -0.392 e. The van der Waals surface area contributed by atoms with Crippen LogP contribution >= 0.6 is 11.6 Å². The van der Waals surface area contributed by atoms with Crippen LogP contribution in [0.4, 0.5) is 8.78 Å². The molecule has 1 aromatic rings. The zero-order chi connectivity index (χ0) is 14.8. The van der Waals surface area contributed by atoms with E-state index < -0.39 is 23.0 Å². The fourth-order valence-corrected chi connectivity index (χ4v) is 3.34. The predicted molar refractivity (Wildman–Crippen MR) is 67.9 cm³/mol. The zero-order valence-corrected chi connectivity index (χ0v) is 12.0. The third-order valence-corrected chi connectivity index (χ3v) is 4.85. The average Bonchev–Trinajstić information content (AvgIpc) is 2.30. The summed E-state index contributed by atoms with van der Waals surface area (Å²) in [4.78, 5) is -0.174. The first kappa shape index (κ1) is 16.3. The zero-order valence-electron chi connectivity index (χ0n) is 10.4. The molecule has 0 unspecified atom stereocenters. The first-order valence-corrected chi connectivity index (χ1v) is 7.16. The van der Waals surface area contributed by atoms with E-state index >= 15 is 0 Å². The fraction of sp³-hybridized carbons (Fsp3) is 0.455. The normalized spacial score (nSPS) is 12.4. The first-order valence-electron chi connectivity index (χ1n) is 5.34. The molecule has 0 spiro atoms. The molecule has 8 heteroatoms. The number of hydrogen-bond acceptors (Lipinski definition) is 3. The highest BCUT2D eigenvalue weighted by molar-refractivity contribution is 7.89. The number of aliphatic hydroxyl groups excluding tert-OH is 1. The second kappa shape index (κ2) is 6.13. The molecule has 1 aromatic carbocycles. The molecule has 0 aliphatic carbocycles. The van der Waals surface area contributed by atoms with Crippen LogP contribution in [0.3, 0.4) is 0 Å². The standard InChI is InChI=1S/C11H14ClF2NO3S/c1-7-8(6-16)3-9(12)4-10(7)19(17,18)15(2)5-11(13)14/h3-4,11,16H,5-6H2,1-2H3. The Morgan fingerprint density at radius 1 is 1.42 bits per heavy atom. The van der Waals surface area contributed by atoms with E-state index in [1.807, 2.05) is 0 Å². The highest BCUT2D eigenvalue weighted by atomic mass is 35.5. The lowest BCUT2D eigenvalue weighted by atomic mass is 10.1. The van der Waals surface area contributed by atoms with Crippen molar-refractivity contribution in [3.8, 4) is 0 Å². The van der Waals surface area contributed by atoms with Gasteiger partial charge in [0.25, 0.3) is 6.43 Å². The summed E-state index contributed by atoms with van der Waals surface area (Å²) in [5.41, 5.74) is 0.643. The number of alkyl halides is 2. The molecule has 0 aliphatic rings. The second-order valence-electron chi connectivity index (χ2n) is 4.02. The maximum atomic E-state index is 12.3. The number of benzene rings is 1. The smallest absolute Gasteiger partial charge is 0.252 e. The van der Waals surface area contributed by atoms with Gasteiger partial charge in [-0.05, 0) is 30.2 Å². The Morgan fingerprint density at radius 2 is 2.00 bits per heavy atom. The molecule has 1 N–H and O–H groups in total. The van der Waals surface area contributed by atoms with E-state index in [0.29, 0.717) is 15.4 Å². The number of nitrogens with zero attached hydrogens (tertiary/aromatic N) is 1. The van der Waals surface area contributed by atoms with Gasteiger partial charge in [0.2, 0.25) is 10.0 Å². The van der Waals surface area contributed by atoms with Crippen molar-refractivity contribution in [2.45, 2.75) is 24.9 Å². The van der Waals surface area contributed by atoms with Crippen LogP contribution in [0.1, 0.15) is 11.1 Å². The van der Waals surface area contributed by atoms with E-state index in [9.17, 15) is 17.2 Å². The van der Waals surface area contributed by atoms with Crippen molar-refractivity contribution < 1.29 is 22.3 Å². The van der Waals surface area contributed by atoms with Crippen LogP contribution in [-0.2, 0) is 16.6 Å². The summed E-state index contributed by atoms with van der Waals surface area (Å²) in [5, 5.41) is 9.25. The van der Waals surface area contributed by atoms with Crippen LogP contribution in [0.15, 0.2) is 17.0 Å². The molecule has 0 bridgehead atoms. The molecule has 19 heavy (non-hydrogen) atoms. The predicted octanol–water partition coefficient (Wildman–Crippen LogP) is 2.03. The highest BCUT2D eigenvalue weighted by Crippen LogP contribution is 2.26. The van der Waals surface area contributed by atoms with Crippen molar-refractivity contribution in [3.63, 3.8) is 0 Å². The Bertz CT molecular complexity index is 563. The fourth-order valence-electron chi connectivity index (χ4n) is 1.60. The van der Waals surface area contributed by atoms with Gasteiger partial charge in [0.15, 0.2) is 0 Å². The van der Waals surface area contributed by atoms with Gasteiger partial charge < -0.3 is 5.11 Å². The van der Waals surface area contributed by atoms with Crippen molar-refractivity contribution in [2.75, 3.05) is 13.6 Å². The Labute approximate surface area is 115 Å². The Kier molecular flexibility index (Phi) is 5.26. The molecule has 0 heterocycles. The maximum Gasteiger partial charge on any atom is 0.252 e. The Morgan fingerprint density at radius 3 is 2.47 bits per heavy atom. The summed E-state index contributed by atoms with van der Waals surface area (Å²) in [6, 6.07) is 2.62. The number of halogens is 3. The lowest BCUT2D eigenvalue weighted by molar-refractivity contribution is 0.126. The molecule has 0 atom stereocenters. The number of hydrogen-bond donors (Lipinski definition) is 1. The van der Waals surface area contributed by atoms with Crippen molar-refractivity contribution in [1.29, 1.82) is 0 Å². The maximum absolute atomic E-state index is 12.3. The topological polar surface area (TPSA) is 57.6 Å². The monoisotopic (exact) mass is 313 g/mol. The summed E-state index contributed by atoms with van der Waals surface area (Å²) in [5.74, 6) is 0. The molecule has 0 radical (unpaired) electrons. The van der Waals surface area contributed by atoms with E-state index in [1.54, 1.807) is 0 Å². The van der Waals surface area contributed by atoms with E-state index in [0.717, 1.165) is 7.05 Å². The summed E-state index contributed by atoms with van der Waals surface area (Å²) in [6.45, 7) is 0.210. The van der Waals surface area contributed by atoms with Crippen LogP contribution in [0.25, 0.3) is 0 Å². The van der Waals surface area contributed by atoms with Gasteiger partial charge >= 0.3 is 0 Å². The van der Waals surface area contributed by atoms with Crippen LogP contribution in [0.2, 0.25) is 5.02 Å². The van der Waals surface area contributed by atoms with Gasteiger partial charge in [0.1, 0.15) is 0 Å². The summed E-state index contributed by atoms with van der Waals surface area (Å²) < 4.78 is 49.5. The van der Waals surface area contributed by atoms with Gasteiger partial charge in [0, 0.05) is 12.1 Å². The van der Waals surface area contributed by atoms with Crippen molar-refractivity contribution >= 4 is 21.6 Å². The number of aliphatic hydroxyl groups is 1. The SMILES string of the molecule is Cc1c(CO)cc(Cl)cc1S(=O)(=O)N(C)CC(F)F. The van der Waals surface area contributed by atoms with Crippen molar-refractivity contribution in [2.24, 2.45) is 0 Å². The largest absolute Gasteiger partial charge is 0.392 e. The van der Waals surface area contributed by atoms with E-state index in [2.05, 4.69) is 0 Å². The third-order valence-electron chi connectivity index (χ3n) is 2.69. The summed E-state index contributed by atoms with van der Waals surface area (Å²) in [7, 11) is -2.99. The molecule has 4 nitrogen and oxygen atoms in total. The second-order valence-corrected chi connectivity index (χ2v) is 6.47. The van der Waals surface area contributed by atoms with Crippen molar-refractivity contribution in [3.05, 3.63) is 28.3 Å². The molecular weight excluding hydrogens is 300 g/mol. The van der Waals surface area contributed by atoms with Gasteiger partial charge in [-0.3, -0.25) is 0 Å². The quantitative estimate of drug-likeness (QED) is 0.905. The lowest BCUT2D eigenvalue weighted by Crippen LogP contribution is -2.32. The molecule has 0 saturated carbocycles. The van der Waals surface area contributed by atoms with Crippen LogP contribution in [0, 0.1) is 6.92 Å². The lowest BCUT2D eigenvalue weighted by Gasteiger charge is -2.19. The summed E-state index contributed by atoms with van der Waals surface area (Å²) in [6.07, 6.45) is -2.77. The van der Waals surface area contributed by atoms with E-state index in [4.69, 9.17) is 16.7 Å². The van der Waals surface area contributed by atoms with Gasteiger partial charge in [-0.2, -0.15) is 4.31 Å². The molecule has 0 aliphatic heterocycles. The molecular formula is C11H14ClF2NO3S. The van der Waals surface area contributed by atoms with Gasteiger partial charge in [-0.25, -0.2) is 17.2 Å². The molecule has 108 valence electrons. The van der Waals surface area contributed by atoms with E-state index in [-0.39, 0.29) is 16.5 Å². The average molecular weight is 314 g/mol. The van der Waals surface area contributed by atoms with Gasteiger partial charge in [-0.1, -0.05) is 11.6 Å². The number of sulfonamides is 1. The molecule has 0 amide bonds. The Balaban J connectivity index is 3.32. The molecule has 0 fully saturated rings. The minimum atomic E-state index is -4.06. The van der Waals surface area contributed by atoms with Crippen LogP contribution in [0.5, 0.6) is 0 Å². The van der Waals surface area contributed by atoms with Crippen LogP contribution < -0.4 is 0 Å². The highest BCUT2D eigenvalue weighted by Gasteiger charge is 2.26. The third kappa shape index (κ3) is 3.62. The van der Waals surface area contributed by atoms with Gasteiger partial charge in [0.05, 0.1) is 18.0 Å². The summed E-state index contributed by atoms with van der Waals surface area (Å²) >= 11 is 5.77. The van der Waals surface area contributed by atoms with E-state index in [1.165, 1.54) is 19.1 Å². The van der Waals surface area contributed by atoms with Gasteiger partial charge in [-0.15, -0.1) is 0 Å². The number of rotatable bonds is 5. The van der Waals surface area contributed by atoms with Crippen molar-refractivity contribution in [1.82, 2.24) is 4.31 Å². The Hall–Kier alpha value is -0.760. The first-order chi connectivity index (χ1) is 8.70. The molecule has 1 rings (SSSR count). The minimum absolute atomic E-state index is 0.124.